The van der Waals surface area contributed by atoms with Crippen molar-refractivity contribution in [2.75, 3.05) is 13.7 Å². The largest absolute Gasteiger partial charge is 0.492 e. The van der Waals surface area contributed by atoms with Gasteiger partial charge in [-0.05, 0) is 103 Å². The normalized spacial score (nSPS) is 17.3. The molecule has 0 fully saturated rings. The molecule has 40 heavy (non-hydrogen) atoms. The summed E-state index contributed by atoms with van der Waals surface area (Å²) in [6.07, 6.45) is 4.42. The highest BCUT2D eigenvalue weighted by Gasteiger charge is 2.32. The van der Waals surface area contributed by atoms with Gasteiger partial charge in [-0.2, -0.15) is 0 Å². The van der Waals surface area contributed by atoms with Crippen molar-refractivity contribution in [3.8, 4) is 22.6 Å². The zero-order chi connectivity index (χ0) is 28.6. The summed E-state index contributed by atoms with van der Waals surface area (Å²) in [5.74, 6) is 0.674. The SMILES string of the molecule is COC(=O)CC1COc2cc(OC3CCc4c(-c5c(C)cc(C(=N)C=CC(C)=N)cc5C)ccc(F)c43)ccc21. The van der Waals surface area contributed by atoms with Crippen LogP contribution < -0.4 is 9.47 Å². The maximum absolute atomic E-state index is 15.3. The topological polar surface area (TPSA) is 92.5 Å². The number of carbonyl (C=O) groups is 1. The molecule has 0 aromatic heterocycles. The number of rotatable bonds is 8. The Morgan fingerprint density at radius 3 is 2.55 bits per heavy atom. The third-order valence-electron chi connectivity index (χ3n) is 7.68. The lowest BCUT2D eigenvalue weighted by molar-refractivity contribution is -0.141. The van der Waals surface area contributed by atoms with Crippen molar-refractivity contribution in [1.29, 1.82) is 10.8 Å². The summed E-state index contributed by atoms with van der Waals surface area (Å²) < 4.78 is 32.2. The van der Waals surface area contributed by atoms with Gasteiger partial charge in [0.05, 0.1) is 25.8 Å². The number of fused-ring (bicyclic) bond motifs is 2. The van der Waals surface area contributed by atoms with Crippen LogP contribution >= 0.6 is 0 Å². The van der Waals surface area contributed by atoms with E-state index in [1.165, 1.54) is 13.2 Å². The fourth-order valence-electron chi connectivity index (χ4n) is 5.82. The summed E-state index contributed by atoms with van der Waals surface area (Å²) in [6, 6.07) is 12.9. The number of esters is 1. The first-order chi connectivity index (χ1) is 19.2. The number of methoxy groups -OCH3 is 1. The van der Waals surface area contributed by atoms with Gasteiger partial charge < -0.3 is 25.0 Å². The lowest BCUT2D eigenvalue weighted by Crippen LogP contribution is -2.09. The van der Waals surface area contributed by atoms with Crippen LogP contribution in [0.5, 0.6) is 11.5 Å². The van der Waals surface area contributed by atoms with Crippen molar-refractivity contribution < 1.29 is 23.4 Å². The molecule has 2 N–H and O–H groups in total. The average Bonchev–Trinajstić information content (AvgIpc) is 3.52. The molecule has 0 spiro atoms. The Labute approximate surface area is 233 Å². The maximum atomic E-state index is 15.3. The molecule has 7 heteroatoms. The first kappa shape index (κ1) is 27.3. The van der Waals surface area contributed by atoms with Crippen LogP contribution in [-0.4, -0.2) is 31.1 Å². The van der Waals surface area contributed by atoms with Crippen molar-refractivity contribution in [2.45, 2.75) is 52.1 Å². The summed E-state index contributed by atoms with van der Waals surface area (Å²) in [7, 11) is 1.38. The van der Waals surface area contributed by atoms with E-state index in [2.05, 4.69) is 0 Å². The molecule has 1 aliphatic carbocycles. The molecule has 2 atom stereocenters. The number of ether oxygens (including phenoxy) is 3. The molecule has 0 saturated heterocycles. The van der Waals surface area contributed by atoms with Gasteiger partial charge in [-0.15, -0.1) is 0 Å². The number of aryl methyl sites for hydroxylation is 2. The number of halogens is 1. The quantitative estimate of drug-likeness (QED) is 0.234. The minimum absolute atomic E-state index is 0.0542. The van der Waals surface area contributed by atoms with Crippen LogP contribution in [-0.2, 0) is 16.0 Å². The highest BCUT2D eigenvalue weighted by molar-refractivity contribution is 6.10. The number of allylic oxidation sites excluding steroid dienone is 2. The van der Waals surface area contributed by atoms with Gasteiger partial charge in [0.25, 0.3) is 0 Å². The van der Waals surface area contributed by atoms with E-state index < -0.39 is 6.10 Å². The minimum Gasteiger partial charge on any atom is -0.492 e. The minimum atomic E-state index is -0.428. The molecule has 0 radical (unpaired) electrons. The first-order valence-electron chi connectivity index (χ1n) is 13.4. The second-order valence-electron chi connectivity index (χ2n) is 10.5. The molecule has 6 nitrogen and oxygen atoms in total. The number of hydrogen-bond acceptors (Lipinski definition) is 6. The van der Waals surface area contributed by atoms with E-state index in [0.717, 1.165) is 38.9 Å². The lowest BCUT2D eigenvalue weighted by Gasteiger charge is -2.19. The Bertz CT molecular complexity index is 1540. The highest BCUT2D eigenvalue weighted by Crippen LogP contribution is 2.45. The van der Waals surface area contributed by atoms with E-state index in [9.17, 15) is 4.79 Å². The van der Waals surface area contributed by atoms with E-state index in [4.69, 9.17) is 25.0 Å². The van der Waals surface area contributed by atoms with Gasteiger partial charge in [0.15, 0.2) is 0 Å². The van der Waals surface area contributed by atoms with Gasteiger partial charge in [-0.25, -0.2) is 4.39 Å². The van der Waals surface area contributed by atoms with E-state index in [1.807, 2.05) is 50.2 Å². The van der Waals surface area contributed by atoms with Crippen molar-refractivity contribution in [3.63, 3.8) is 0 Å². The van der Waals surface area contributed by atoms with E-state index in [0.29, 0.717) is 47.9 Å². The number of hydrogen-bond donors (Lipinski definition) is 2. The average molecular weight is 541 g/mol. The standard InChI is InChI=1S/C33H33FN2O4/c1-18-13-21(28(36)11-5-20(3)35)14-19(2)32(18)25-8-10-27(34)33-26(25)9-12-29(33)40-23-6-7-24-22(15-31(37)38-4)17-39-30(24)16-23/h5-8,10-11,13-14,16,22,29,35-36H,9,12,15,17H2,1-4H3. The lowest BCUT2D eigenvalue weighted by atomic mass is 9.88. The first-order valence-corrected chi connectivity index (χ1v) is 13.4. The summed E-state index contributed by atoms with van der Waals surface area (Å²) in [5, 5.41) is 16.0. The molecule has 0 amide bonds. The number of nitrogens with one attached hydrogen (secondary N) is 2. The van der Waals surface area contributed by atoms with Gasteiger partial charge >= 0.3 is 5.97 Å². The van der Waals surface area contributed by atoms with Crippen LogP contribution in [0.15, 0.2) is 54.6 Å². The predicted molar refractivity (Wildman–Crippen MR) is 154 cm³/mol. The van der Waals surface area contributed by atoms with Crippen molar-refractivity contribution >= 4 is 17.4 Å². The third kappa shape index (κ3) is 5.28. The Hall–Kier alpha value is -4.26. The molecule has 2 aliphatic rings. The Morgan fingerprint density at radius 1 is 1.10 bits per heavy atom. The maximum Gasteiger partial charge on any atom is 0.306 e. The van der Waals surface area contributed by atoms with Gasteiger partial charge in [-0.3, -0.25) is 4.79 Å². The van der Waals surface area contributed by atoms with Crippen LogP contribution in [0.3, 0.4) is 0 Å². The van der Waals surface area contributed by atoms with Crippen molar-refractivity contribution in [3.05, 3.63) is 93.8 Å². The molecule has 0 bridgehead atoms. The van der Waals surface area contributed by atoms with Crippen LogP contribution in [0.4, 0.5) is 4.39 Å². The van der Waals surface area contributed by atoms with E-state index in [1.54, 1.807) is 19.1 Å². The Kier molecular flexibility index (Phi) is 7.57. The number of benzene rings is 3. The highest BCUT2D eigenvalue weighted by atomic mass is 19.1. The molecule has 3 aromatic carbocycles. The van der Waals surface area contributed by atoms with Gasteiger partial charge in [0.2, 0.25) is 0 Å². The molecule has 3 aromatic rings. The Morgan fingerprint density at radius 2 is 1.85 bits per heavy atom. The van der Waals surface area contributed by atoms with E-state index >= 15 is 4.39 Å². The fourth-order valence-corrected chi connectivity index (χ4v) is 5.82. The Balaban J connectivity index is 1.42. The molecule has 1 heterocycles. The molecule has 0 saturated carbocycles. The zero-order valence-corrected chi connectivity index (χ0v) is 23.2. The predicted octanol–water partition coefficient (Wildman–Crippen LogP) is 7.18. The molecular formula is C33H33FN2O4. The summed E-state index contributed by atoms with van der Waals surface area (Å²) in [6.45, 7) is 6.12. The molecule has 206 valence electrons. The van der Waals surface area contributed by atoms with Crippen LogP contribution in [0, 0.1) is 30.5 Å². The van der Waals surface area contributed by atoms with Crippen molar-refractivity contribution in [2.24, 2.45) is 0 Å². The van der Waals surface area contributed by atoms with Crippen LogP contribution in [0.2, 0.25) is 0 Å². The second-order valence-corrected chi connectivity index (χ2v) is 10.5. The molecular weight excluding hydrogens is 507 g/mol. The molecule has 2 unspecified atom stereocenters. The fraction of sp³-hybridized carbons (Fsp3) is 0.303. The van der Waals surface area contributed by atoms with Gasteiger partial charge in [-0.1, -0.05) is 12.1 Å². The van der Waals surface area contributed by atoms with Crippen molar-refractivity contribution in [1.82, 2.24) is 0 Å². The monoisotopic (exact) mass is 540 g/mol. The smallest absolute Gasteiger partial charge is 0.306 e. The summed E-state index contributed by atoms with van der Waals surface area (Å²) in [4.78, 5) is 11.7. The zero-order valence-electron chi connectivity index (χ0n) is 23.2. The van der Waals surface area contributed by atoms with Gasteiger partial charge in [0, 0.05) is 28.8 Å². The van der Waals surface area contributed by atoms with Crippen LogP contribution in [0.1, 0.15) is 65.2 Å². The molecule has 5 rings (SSSR count). The summed E-state index contributed by atoms with van der Waals surface area (Å²) in [5.41, 5.74) is 8.06. The van der Waals surface area contributed by atoms with E-state index in [-0.39, 0.29) is 24.1 Å². The molecule has 1 aliphatic heterocycles. The second kappa shape index (κ2) is 11.1. The van der Waals surface area contributed by atoms with Crippen LogP contribution in [0.25, 0.3) is 11.1 Å². The number of carbonyl (C=O) groups excluding carboxylic acids is 1. The summed E-state index contributed by atoms with van der Waals surface area (Å²) >= 11 is 0. The third-order valence-corrected chi connectivity index (χ3v) is 7.68. The van der Waals surface area contributed by atoms with Gasteiger partial charge in [0.1, 0.15) is 23.4 Å².